The smallest absolute Gasteiger partial charge is 0.358 e. The topological polar surface area (TPSA) is 114 Å². The molecule has 1 aliphatic heterocycles. The number of aliphatic carboxylic acids is 1. The van der Waals surface area contributed by atoms with Crippen molar-refractivity contribution in [1.82, 2.24) is 9.29 Å². The van der Waals surface area contributed by atoms with Gasteiger partial charge in [-0.15, -0.1) is 11.3 Å². The van der Waals surface area contributed by atoms with Gasteiger partial charge < -0.3 is 9.84 Å². The van der Waals surface area contributed by atoms with E-state index in [0.29, 0.717) is 12.8 Å². The zero-order valence-electron chi connectivity index (χ0n) is 11.2. The van der Waals surface area contributed by atoms with Crippen molar-refractivity contribution < 1.29 is 27.9 Å². The molecule has 2 heterocycles. The Balaban J connectivity index is 2.44. The van der Waals surface area contributed by atoms with Gasteiger partial charge in [0, 0.05) is 6.54 Å². The molecule has 2 rings (SSSR count). The van der Waals surface area contributed by atoms with E-state index in [1.807, 2.05) is 0 Å². The Morgan fingerprint density at radius 1 is 1.48 bits per heavy atom. The third-order valence-electron chi connectivity index (χ3n) is 3.20. The van der Waals surface area contributed by atoms with Gasteiger partial charge in [-0.05, 0) is 19.3 Å². The van der Waals surface area contributed by atoms with E-state index in [9.17, 15) is 23.1 Å². The minimum Gasteiger partial charge on any atom is -0.480 e. The highest BCUT2D eigenvalue weighted by Gasteiger charge is 2.40. The van der Waals surface area contributed by atoms with Crippen molar-refractivity contribution in [2.75, 3.05) is 13.7 Å². The zero-order chi connectivity index (χ0) is 15.6. The molecule has 0 aliphatic carbocycles. The summed E-state index contributed by atoms with van der Waals surface area (Å²) in [5.74, 6) is -2.05. The first-order chi connectivity index (χ1) is 9.89. The predicted molar refractivity (Wildman–Crippen MR) is 72.6 cm³/mol. The molecule has 116 valence electrons. The quantitative estimate of drug-likeness (QED) is 0.800. The maximum atomic E-state index is 12.6. The van der Waals surface area contributed by atoms with Crippen LogP contribution in [0.4, 0.5) is 0 Å². The van der Waals surface area contributed by atoms with Gasteiger partial charge in [-0.1, -0.05) is 0 Å². The second-order valence-corrected chi connectivity index (χ2v) is 7.39. The van der Waals surface area contributed by atoms with Crippen molar-refractivity contribution in [1.29, 1.82) is 0 Å². The standard InChI is InChI=1S/C11H14N2O6S2/c1-19-10(16)8-11(20-6-12-8)21(17,18)13-5-3-2-4-7(13)9(14)15/h6-7H,2-5H2,1H3,(H,14,15). The van der Waals surface area contributed by atoms with Gasteiger partial charge in [-0.25, -0.2) is 18.2 Å². The molecule has 0 radical (unpaired) electrons. The van der Waals surface area contributed by atoms with E-state index >= 15 is 0 Å². The summed E-state index contributed by atoms with van der Waals surface area (Å²) in [7, 11) is -2.97. The van der Waals surface area contributed by atoms with Crippen LogP contribution in [0.3, 0.4) is 0 Å². The van der Waals surface area contributed by atoms with Crippen molar-refractivity contribution in [3.63, 3.8) is 0 Å². The number of nitrogens with zero attached hydrogens (tertiary/aromatic N) is 2. The second kappa shape index (κ2) is 6.08. The molecule has 0 bridgehead atoms. The van der Waals surface area contributed by atoms with E-state index in [2.05, 4.69) is 9.72 Å². The molecular weight excluding hydrogens is 320 g/mol. The molecular formula is C11H14N2O6S2. The van der Waals surface area contributed by atoms with E-state index in [1.165, 1.54) is 5.51 Å². The van der Waals surface area contributed by atoms with Crippen molar-refractivity contribution >= 4 is 33.3 Å². The van der Waals surface area contributed by atoms with Gasteiger partial charge in [0.05, 0.1) is 12.6 Å². The van der Waals surface area contributed by atoms with Crippen molar-refractivity contribution in [3.05, 3.63) is 11.2 Å². The number of hydrogen-bond donors (Lipinski definition) is 1. The highest BCUT2D eigenvalue weighted by Crippen LogP contribution is 2.30. The highest BCUT2D eigenvalue weighted by atomic mass is 32.2. The molecule has 10 heteroatoms. The molecule has 0 spiro atoms. The van der Waals surface area contributed by atoms with Gasteiger partial charge in [0.15, 0.2) is 9.90 Å². The monoisotopic (exact) mass is 334 g/mol. The summed E-state index contributed by atoms with van der Waals surface area (Å²) >= 11 is 0.773. The van der Waals surface area contributed by atoms with Crippen LogP contribution in [0.5, 0.6) is 0 Å². The Hall–Kier alpha value is -1.52. The molecule has 21 heavy (non-hydrogen) atoms. The number of piperidine rings is 1. The first-order valence-corrected chi connectivity index (χ1v) is 8.48. The number of methoxy groups -OCH3 is 1. The zero-order valence-corrected chi connectivity index (χ0v) is 12.8. The van der Waals surface area contributed by atoms with Crippen LogP contribution < -0.4 is 0 Å². The molecule has 1 aromatic heterocycles. The highest BCUT2D eigenvalue weighted by molar-refractivity contribution is 7.91. The van der Waals surface area contributed by atoms with Crippen LogP contribution in [0, 0.1) is 0 Å². The number of esters is 1. The van der Waals surface area contributed by atoms with E-state index in [-0.39, 0.29) is 22.9 Å². The number of carbonyl (C=O) groups excluding carboxylic acids is 1. The molecule has 1 aromatic rings. The maximum Gasteiger partial charge on any atom is 0.358 e. The van der Waals surface area contributed by atoms with Crippen LogP contribution in [0.25, 0.3) is 0 Å². The van der Waals surface area contributed by atoms with Gasteiger partial charge in [0.25, 0.3) is 10.0 Å². The SMILES string of the molecule is COC(=O)c1ncsc1S(=O)(=O)N1CCCCC1C(=O)O. The summed E-state index contributed by atoms with van der Waals surface area (Å²) < 4.78 is 30.4. The number of ether oxygens (including phenoxy) is 1. The van der Waals surface area contributed by atoms with E-state index < -0.39 is 28.0 Å². The van der Waals surface area contributed by atoms with Crippen LogP contribution in [-0.4, -0.2) is 54.4 Å². The molecule has 0 amide bonds. The van der Waals surface area contributed by atoms with Gasteiger partial charge in [-0.2, -0.15) is 4.31 Å². The lowest BCUT2D eigenvalue weighted by molar-refractivity contribution is -0.142. The second-order valence-electron chi connectivity index (χ2n) is 4.45. The minimum absolute atomic E-state index is 0.109. The molecule has 1 atom stereocenters. The van der Waals surface area contributed by atoms with Gasteiger partial charge in [0.1, 0.15) is 6.04 Å². The first kappa shape index (κ1) is 15.9. The summed E-state index contributed by atoms with van der Waals surface area (Å²) in [5.41, 5.74) is 0.913. The van der Waals surface area contributed by atoms with Gasteiger partial charge in [0.2, 0.25) is 0 Å². The number of thiazole rings is 1. The number of carboxylic acid groups (broad SMARTS) is 1. The third-order valence-corrected chi connectivity index (χ3v) is 6.45. The lowest BCUT2D eigenvalue weighted by Crippen LogP contribution is -2.47. The van der Waals surface area contributed by atoms with E-state index in [0.717, 1.165) is 22.8 Å². The van der Waals surface area contributed by atoms with Crippen LogP contribution in [-0.2, 0) is 19.6 Å². The lowest BCUT2D eigenvalue weighted by atomic mass is 10.1. The summed E-state index contributed by atoms with van der Waals surface area (Å²) in [4.78, 5) is 26.5. The van der Waals surface area contributed by atoms with Crippen LogP contribution in [0.1, 0.15) is 29.8 Å². The van der Waals surface area contributed by atoms with Crippen molar-refractivity contribution in [2.45, 2.75) is 29.5 Å². The summed E-state index contributed by atoms with van der Waals surface area (Å²) in [6.07, 6.45) is 1.48. The number of carbonyl (C=O) groups is 2. The normalized spacial score (nSPS) is 20.1. The number of aromatic nitrogens is 1. The fourth-order valence-corrected chi connectivity index (χ4v) is 5.09. The van der Waals surface area contributed by atoms with E-state index in [1.54, 1.807) is 0 Å². The Kier molecular flexibility index (Phi) is 4.59. The van der Waals surface area contributed by atoms with Gasteiger partial charge >= 0.3 is 11.9 Å². The number of rotatable bonds is 4. The largest absolute Gasteiger partial charge is 0.480 e. The van der Waals surface area contributed by atoms with Crippen molar-refractivity contribution in [2.24, 2.45) is 0 Å². The maximum absolute atomic E-state index is 12.6. The Morgan fingerprint density at radius 3 is 2.81 bits per heavy atom. The van der Waals surface area contributed by atoms with Crippen LogP contribution >= 0.6 is 11.3 Å². The Labute approximate surface area is 125 Å². The van der Waals surface area contributed by atoms with Crippen LogP contribution in [0.2, 0.25) is 0 Å². The van der Waals surface area contributed by atoms with Gasteiger partial charge in [-0.3, -0.25) is 4.79 Å². The average molecular weight is 334 g/mol. The molecule has 1 aliphatic rings. The van der Waals surface area contributed by atoms with Crippen LogP contribution in [0.15, 0.2) is 9.72 Å². The lowest BCUT2D eigenvalue weighted by Gasteiger charge is -2.31. The Morgan fingerprint density at radius 2 is 2.19 bits per heavy atom. The number of hydrogen-bond acceptors (Lipinski definition) is 7. The molecule has 8 nitrogen and oxygen atoms in total. The third kappa shape index (κ3) is 2.92. The summed E-state index contributed by atoms with van der Waals surface area (Å²) in [6.45, 7) is 0.109. The molecule has 0 saturated carbocycles. The number of carboxylic acids is 1. The van der Waals surface area contributed by atoms with Crippen molar-refractivity contribution in [3.8, 4) is 0 Å². The Bertz CT molecular complexity index is 653. The minimum atomic E-state index is -4.09. The molecule has 1 N–H and O–H groups in total. The van der Waals surface area contributed by atoms with E-state index in [4.69, 9.17) is 0 Å². The molecule has 1 fully saturated rings. The molecule has 1 unspecified atom stereocenters. The fraction of sp³-hybridized carbons (Fsp3) is 0.545. The first-order valence-electron chi connectivity index (χ1n) is 6.16. The number of sulfonamides is 1. The fourth-order valence-electron chi connectivity index (χ4n) is 2.20. The summed E-state index contributed by atoms with van der Waals surface area (Å²) in [5, 5.41) is 9.18. The molecule has 1 saturated heterocycles. The predicted octanol–water partition coefficient (Wildman–Crippen LogP) is 0.558. The molecule has 0 aromatic carbocycles. The summed E-state index contributed by atoms with van der Waals surface area (Å²) in [6, 6.07) is -1.11. The average Bonchev–Trinajstić information content (AvgIpc) is 2.96.